The number of carbonyl (C=O) groups excluding carboxylic acids is 2. The van der Waals surface area contributed by atoms with Gasteiger partial charge in [0, 0.05) is 25.2 Å². The van der Waals surface area contributed by atoms with Gasteiger partial charge in [0.25, 0.3) is 0 Å². The summed E-state index contributed by atoms with van der Waals surface area (Å²) in [7, 11) is 0. The number of hydrogen-bond donors (Lipinski definition) is 2. The molecule has 1 heterocycles. The van der Waals surface area contributed by atoms with Gasteiger partial charge in [-0.2, -0.15) is 0 Å². The van der Waals surface area contributed by atoms with Crippen LogP contribution in [0.5, 0.6) is 0 Å². The second-order valence-corrected chi connectivity index (χ2v) is 7.29. The molecule has 1 fully saturated rings. The van der Waals surface area contributed by atoms with Gasteiger partial charge >= 0.3 is 6.09 Å². The number of likely N-dealkylation sites (N-methyl/N-ethyl adjacent to an activating group) is 1. The topological polar surface area (TPSA) is 70.7 Å². The number of ether oxygens (including phenoxy) is 1. The summed E-state index contributed by atoms with van der Waals surface area (Å²) in [5.74, 6) is 0.00647. The molecule has 6 heteroatoms. The fourth-order valence-corrected chi connectivity index (χ4v) is 2.82. The third-order valence-electron chi connectivity index (χ3n) is 3.87. The van der Waals surface area contributed by atoms with Crippen LogP contribution in [0.3, 0.4) is 0 Å². The van der Waals surface area contributed by atoms with Crippen molar-refractivity contribution in [3.63, 3.8) is 0 Å². The first-order valence-corrected chi connectivity index (χ1v) is 8.72. The Morgan fingerprint density at radius 2 is 2.00 bits per heavy atom. The standard InChI is InChI=1S/C17H33N3O3/c1-6-18-15(21)12-19-13(2)11-14-9-7-8-10-20(14)16(22)23-17(3,4)5/h13-14,19H,6-12H2,1-5H3,(H,18,21). The first-order valence-electron chi connectivity index (χ1n) is 8.72. The van der Waals surface area contributed by atoms with E-state index >= 15 is 0 Å². The molecule has 0 aromatic heterocycles. The molecule has 2 atom stereocenters. The minimum Gasteiger partial charge on any atom is -0.444 e. The van der Waals surface area contributed by atoms with Crippen LogP contribution < -0.4 is 10.6 Å². The Morgan fingerprint density at radius 1 is 1.30 bits per heavy atom. The summed E-state index contributed by atoms with van der Waals surface area (Å²) in [6.07, 6.45) is 3.76. The van der Waals surface area contributed by atoms with Crippen LogP contribution in [0.2, 0.25) is 0 Å². The quantitative estimate of drug-likeness (QED) is 0.785. The lowest BCUT2D eigenvalue weighted by Crippen LogP contribution is -2.49. The number of hydrogen-bond acceptors (Lipinski definition) is 4. The zero-order valence-corrected chi connectivity index (χ0v) is 15.3. The average molecular weight is 327 g/mol. The molecular weight excluding hydrogens is 294 g/mol. The Kier molecular flexibility index (Phi) is 7.82. The summed E-state index contributed by atoms with van der Waals surface area (Å²) in [5, 5.41) is 6.00. The van der Waals surface area contributed by atoms with E-state index in [1.807, 2.05) is 32.6 Å². The van der Waals surface area contributed by atoms with Crippen LogP contribution in [0.15, 0.2) is 0 Å². The van der Waals surface area contributed by atoms with Crippen LogP contribution in [-0.4, -0.2) is 54.2 Å². The van der Waals surface area contributed by atoms with E-state index in [-0.39, 0.29) is 24.1 Å². The molecule has 0 saturated carbocycles. The van der Waals surface area contributed by atoms with E-state index in [1.165, 1.54) is 0 Å². The van der Waals surface area contributed by atoms with Crippen molar-refractivity contribution in [2.75, 3.05) is 19.6 Å². The highest BCUT2D eigenvalue weighted by atomic mass is 16.6. The monoisotopic (exact) mass is 327 g/mol. The first-order chi connectivity index (χ1) is 10.7. The number of nitrogens with one attached hydrogen (secondary N) is 2. The van der Waals surface area contributed by atoms with E-state index in [4.69, 9.17) is 4.74 Å². The maximum atomic E-state index is 12.4. The van der Waals surface area contributed by atoms with Gasteiger partial charge in [-0.3, -0.25) is 4.79 Å². The van der Waals surface area contributed by atoms with Gasteiger partial charge in [-0.25, -0.2) is 4.79 Å². The predicted molar refractivity (Wildman–Crippen MR) is 91.3 cm³/mol. The van der Waals surface area contributed by atoms with Gasteiger partial charge in [0.2, 0.25) is 5.91 Å². The molecule has 23 heavy (non-hydrogen) atoms. The van der Waals surface area contributed by atoms with Crippen LogP contribution >= 0.6 is 0 Å². The Labute approximate surface area is 140 Å². The van der Waals surface area contributed by atoms with Crippen molar-refractivity contribution < 1.29 is 14.3 Å². The van der Waals surface area contributed by atoms with Gasteiger partial charge in [-0.05, 0) is 60.3 Å². The maximum Gasteiger partial charge on any atom is 0.410 e. The third-order valence-corrected chi connectivity index (χ3v) is 3.87. The van der Waals surface area contributed by atoms with Crippen molar-refractivity contribution in [2.45, 2.75) is 78.0 Å². The van der Waals surface area contributed by atoms with Crippen molar-refractivity contribution in [2.24, 2.45) is 0 Å². The molecule has 0 aromatic carbocycles. The lowest BCUT2D eigenvalue weighted by molar-refractivity contribution is -0.120. The summed E-state index contributed by atoms with van der Waals surface area (Å²) in [4.78, 5) is 25.7. The highest BCUT2D eigenvalue weighted by Gasteiger charge is 2.31. The van der Waals surface area contributed by atoms with Crippen LogP contribution in [0.25, 0.3) is 0 Å². The molecule has 1 aliphatic rings. The number of piperidine rings is 1. The highest BCUT2D eigenvalue weighted by molar-refractivity contribution is 5.77. The predicted octanol–water partition coefficient (Wildman–Crippen LogP) is 2.28. The Morgan fingerprint density at radius 3 is 2.61 bits per heavy atom. The van der Waals surface area contributed by atoms with Gasteiger partial charge in [-0.1, -0.05) is 0 Å². The van der Waals surface area contributed by atoms with Crippen LogP contribution in [0, 0.1) is 0 Å². The Bertz CT molecular complexity index is 393. The molecule has 2 unspecified atom stereocenters. The smallest absolute Gasteiger partial charge is 0.410 e. The SMILES string of the molecule is CCNC(=O)CNC(C)CC1CCCCN1C(=O)OC(C)(C)C. The molecule has 0 radical (unpaired) electrons. The minimum absolute atomic E-state index is 0.00647. The first kappa shape index (κ1) is 19.7. The Hall–Kier alpha value is -1.30. The van der Waals surface area contributed by atoms with Crippen LogP contribution in [-0.2, 0) is 9.53 Å². The van der Waals surface area contributed by atoms with Gasteiger partial charge in [0.05, 0.1) is 6.54 Å². The molecule has 0 spiro atoms. The van der Waals surface area contributed by atoms with E-state index in [0.29, 0.717) is 13.1 Å². The number of likely N-dealkylation sites (tertiary alicyclic amines) is 1. The maximum absolute atomic E-state index is 12.4. The number of rotatable bonds is 6. The fraction of sp³-hybridized carbons (Fsp3) is 0.882. The van der Waals surface area contributed by atoms with E-state index in [9.17, 15) is 9.59 Å². The summed E-state index contributed by atoms with van der Waals surface area (Å²) >= 11 is 0. The lowest BCUT2D eigenvalue weighted by atomic mass is 9.96. The zero-order valence-electron chi connectivity index (χ0n) is 15.3. The molecule has 1 saturated heterocycles. The summed E-state index contributed by atoms with van der Waals surface area (Å²) in [5.41, 5.74) is -0.471. The molecule has 2 amide bonds. The molecule has 1 aliphatic heterocycles. The third kappa shape index (κ3) is 7.68. The van der Waals surface area contributed by atoms with Crippen LogP contribution in [0.4, 0.5) is 4.79 Å². The Balaban J connectivity index is 2.51. The molecule has 134 valence electrons. The van der Waals surface area contributed by atoms with E-state index in [0.717, 1.165) is 32.2 Å². The van der Waals surface area contributed by atoms with Gasteiger partial charge in [-0.15, -0.1) is 0 Å². The van der Waals surface area contributed by atoms with Crippen LogP contribution in [0.1, 0.15) is 60.3 Å². The highest BCUT2D eigenvalue weighted by Crippen LogP contribution is 2.23. The fourth-order valence-electron chi connectivity index (χ4n) is 2.82. The van der Waals surface area contributed by atoms with Crippen molar-refractivity contribution >= 4 is 12.0 Å². The summed E-state index contributed by atoms with van der Waals surface area (Å²) in [6, 6.07) is 0.348. The number of nitrogens with zero attached hydrogens (tertiary/aromatic N) is 1. The average Bonchev–Trinajstić information content (AvgIpc) is 2.44. The second-order valence-electron chi connectivity index (χ2n) is 7.29. The van der Waals surface area contributed by atoms with Crippen molar-refractivity contribution in [3.8, 4) is 0 Å². The molecule has 0 aliphatic carbocycles. The summed E-state index contributed by atoms with van der Waals surface area (Å²) < 4.78 is 5.52. The van der Waals surface area contributed by atoms with Crippen molar-refractivity contribution in [3.05, 3.63) is 0 Å². The number of carbonyl (C=O) groups is 2. The largest absolute Gasteiger partial charge is 0.444 e. The van der Waals surface area contributed by atoms with E-state index < -0.39 is 5.60 Å². The van der Waals surface area contributed by atoms with E-state index in [1.54, 1.807) is 0 Å². The normalized spacial score (nSPS) is 20.0. The molecule has 1 rings (SSSR count). The molecule has 0 bridgehead atoms. The molecule has 2 N–H and O–H groups in total. The number of amides is 2. The van der Waals surface area contributed by atoms with Crippen molar-refractivity contribution in [1.82, 2.24) is 15.5 Å². The van der Waals surface area contributed by atoms with Crippen molar-refractivity contribution in [1.29, 1.82) is 0 Å². The zero-order chi connectivity index (χ0) is 17.5. The summed E-state index contributed by atoms with van der Waals surface area (Å²) in [6.45, 7) is 11.3. The second kappa shape index (κ2) is 9.11. The van der Waals surface area contributed by atoms with Gasteiger partial charge < -0.3 is 20.3 Å². The molecule has 0 aromatic rings. The molecular formula is C17H33N3O3. The van der Waals surface area contributed by atoms with E-state index in [2.05, 4.69) is 17.6 Å². The lowest BCUT2D eigenvalue weighted by Gasteiger charge is -2.38. The van der Waals surface area contributed by atoms with Gasteiger partial charge in [0.1, 0.15) is 5.60 Å². The molecule has 6 nitrogen and oxygen atoms in total. The minimum atomic E-state index is -0.471. The van der Waals surface area contributed by atoms with Gasteiger partial charge in [0.15, 0.2) is 0 Å².